The Morgan fingerprint density at radius 2 is 2.33 bits per heavy atom. The Balaban J connectivity index is 0.00000162. The average Bonchev–Trinajstić information content (AvgIpc) is 2.84. The topological polar surface area (TPSA) is 41.1 Å². The van der Waals surface area contributed by atoms with Crippen molar-refractivity contribution in [2.45, 2.75) is 13.0 Å². The van der Waals surface area contributed by atoms with Gasteiger partial charge < -0.3 is 10.6 Å². The van der Waals surface area contributed by atoms with Crippen molar-refractivity contribution in [3.05, 3.63) is 34.1 Å². The Bertz CT molecular complexity index is 425. The number of hydrogen-bond donors (Lipinski definition) is 2. The highest BCUT2D eigenvalue weighted by atomic mass is 79.9. The highest BCUT2D eigenvalue weighted by Crippen LogP contribution is 2.16. The van der Waals surface area contributed by atoms with Gasteiger partial charge in [0.25, 0.3) is 0 Å². The molecule has 1 unspecified atom stereocenters. The van der Waals surface area contributed by atoms with Crippen molar-refractivity contribution in [1.82, 2.24) is 10.6 Å². The third kappa shape index (κ3) is 3.93. The van der Waals surface area contributed by atoms with Crippen LogP contribution in [0.4, 0.5) is 4.39 Å². The van der Waals surface area contributed by atoms with E-state index in [1.165, 1.54) is 6.07 Å². The maximum absolute atomic E-state index is 13.2. The normalized spacial score (nSPS) is 18.2. The monoisotopic (exact) mass is 336 g/mol. The first-order valence-corrected chi connectivity index (χ1v) is 6.38. The summed E-state index contributed by atoms with van der Waals surface area (Å²) in [6, 6.07) is 4.87. The summed E-state index contributed by atoms with van der Waals surface area (Å²) in [7, 11) is 0. The zero-order chi connectivity index (χ0) is 12.3. The molecule has 6 heteroatoms. The van der Waals surface area contributed by atoms with Crippen LogP contribution in [0.3, 0.4) is 0 Å². The van der Waals surface area contributed by atoms with E-state index in [4.69, 9.17) is 0 Å². The van der Waals surface area contributed by atoms with Crippen molar-refractivity contribution in [3.63, 3.8) is 0 Å². The molecule has 0 saturated carbocycles. The first-order chi connectivity index (χ1) is 8.16. The molecule has 0 radical (unpaired) electrons. The average molecular weight is 338 g/mol. The van der Waals surface area contributed by atoms with Crippen molar-refractivity contribution in [2.75, 3.05) is 13.1 Å². The van der Waals surface area contributed by atoms with Gasteiger partial charge >= 0.3 is 0 Å². The minimum absolute atomic E-state index is 0. The highest BCUT2D eigenvalue weighted by molar-refractivity contribution is 9.10. The lowest BCUT2D eigenvalue weighted by molar-refractivity contribution is -0.124. The number of carbonyl (C=O) groups excluding carboxylic acids is 1. The third-order valence-corrected chi connectivity index (χ3v) is 3.52. The fourth-order valence-corrected chi connectivity index (χ4v) is 2.11. The molecule has 0 aromatic heterocycles. The van der Waals surface area contributed by atoms with Gasteiger partial charge in [0.05, 0.1) is 10.4 Å². The Hall–Kier alpha value is -0.650. The summed E-state index contributed by atoms with van der Waals surface area (Å²) in [5, 5.41) is 5.97. The van der Waals surface area contributed by atoms with Crippen LogP contribution in [0, 0.1) is 11.7 Å². The summed E-state index contributed by atoms with van der Waals surface area (Å²) in [5.74, 6) is -0.215. The van der Waals surface area contributed by atoms with Crippen molar-refractivity contribution < 1.29 is 9.18 Å². The summed E-state index contributed by atoms with van der Waals surface area (Å²) in [6.07, 6.45) is 0.876. The Labute approximate surface area is 120 Å². The van der Waals surface area contributed by atoms with Gasteiger partial charge in [0, 0.05) is 13.1 Å². The van der Waals surface area contributed by atoms with Crippen molar-refractivity contribution in [2.24, 2.45) is 5.92 Å². The number of nitrogens with one attached hydrogen (secondary N) is 2. The molecule has 1 aromatic rings. The lowest BCUT2D eigenvalue weighted by atomic mass is 10.1. The van der Waals surface area contributed by atoms with E-state index in [0.29, 0.717) is 11.0 Å². The quantitative estimate of drug-likeness (QED) is 0.888. The van der Waals surface area contributed by atoms with Crippen LogP contribution >= 0.6 is 28.3 Å². The third-order valence-electron chi connectivity index (χ3n) is 2.88. The van der Waals surface area contributed by atoms with Crippen molar-refractivity contribution >= 4 is 34.2 Å². The summed E-state index contributed by atoms with van der Waals surface area (Å²) >= 11 is 3.09. The van der Waals surface area contributed by atoms with Gasteiger partial charge in [-0.3, -0.25) is 4.79 Å². The second-order valence-corrected chi connectivity index (χ2v) is 5.01. The molecule has 2 rings (SSSR count). The van der Waals surface area contributed by atoms with E-state index >= 15 is 0 Å². The molecule has 1 aliphatic heterocycles. The van der Waals surface area contributed by atoms with Gasteiger partial charge in [0.1, 0.15) is 5.82 Å². The Kier molecular flexibility index (Phi) is 6.05. The minimum atomic E-state index is -0.306. The summed E-state index contributed by atoms with van der Waals surface area (Å²) in [4.78, 5) is 11.7. The second-order valence-electron chi connectivity index (χ2n) is 4.16. The van der Waals surface area contributed by atoms with Crippen LogP contribution in [0.2, 0.25) is 0 Å². The molecule has 1 aromatic carbocycles. The van der Waals surface area contributed by atoms with Crippen molar-refractivity contribution in [1.29, 1.82) is 0 Å². The van der Waals surface area contributed by atoms with Gasteiger partial charge in [-0.15, -0.1) is 12.4 Å². The van der Waals surface area contributed by atoms with Gasteiger partial charge in [-0.2, -0.15) is 0 Å². The predicted molar refractivity (Wildman–Crippen MR) is 74.2 cm³/mol. The van der Waals surface area contributed by atoms with Gasteiger partial charge in [-0.25, -0.2) is 4.39 Å². The number of rotatable bonds is 3. The number of benzene rings is 1. The summed E-state index contributed by atoms with van der Waals surface area (Å²) in [6.45, 7) is 2.01. The molecule has 18 heavy (non-hydrogen) atoms. The van der Waals surface area contributed by atoms with Crippen molar-refractivity contribution in [3.8, 4) is 0 Å². The van der Waals surface area contributed by atoms with Crippen LogP contribution in [-0.4, -0.2) is 19.0 Å². The molecule has 1 heterocycles. The van der Waals surface area contributed by atoms with E-state index in [2.05, 4.69) is 26.6 Å². The number of hydrogen-bond acceptors (Lipinski definition) is 2. The van der Waals surface area contributed by atoms with E-state index in [1.54, 1.807) is 12.1 Å². The molecule has 100 valence electrons. The zero-order valence-electron chi connectivity index (χ0n) is 9.71. The molecule has 1 aliphatic rings. The Morgan fingerprint density at radius 1 is 1.56 bits per heavy atom. The first kappa shape index (κ1) is 15.4. The SMILES string of the molecule is Cl.O=C(NCc1ccc(Br)c(F)c1)C1CCNC1. The largest absolute Gasteiger partial charge is 0.352 e. The first-order valence-electron chi connectivity index (χ1n) is 5.59. The Morgan fingerprint density at radius 3 is 2.94 bits per heavy atom. The van der Waals surface area contributed by atoms with Crippen LogP contribution in [0.1, 0.15) is 12.0 Å². The molecule has 3 nitrogen and oxygen atoms in total. The fourth-order valence-electron chi connectivity index (χ4n) is 1.86. The second kappa shape index (κ2) is 7.07. The van der Waals surface area contributed by atoms with Gasteiger partial charge in [-0.05, 0) is 46.6 Å². The zero-order valence-corrected chi connectivity index (χ0v) is 12.1. The van der Waals surface area contributed by atoms with Gasteiger partial charge in [0.15, 0.2) is 0 Å². The number of amides is 1. The molecular weight excluding hydrogens is 323 g/mol. The van der Waals surface area contributed by atoms with Gasteiger partial charge in [-0.1, -0.05) is 6.07 Å². The van der Waals surface area contributed by atoms with E-state index < -0.39 is 0 Å². The van der Waals surface area contributed by atoms with Crippen LogP contribution in [0.5, 0.6) is 0 Å². The number of carbonyl (C=O) groups is 1. The molecule has 1 fully saturated rings. The molecule has 0 spiro atoms. The van der Waals surface area contributed by atoms with Gasteiger partial charge in [0.2, 0.25) is 5.91 Å². The molecule has 0 aliphatic carbocycles. The van der Waals surface area contributed by atoms with Crippen LogP contribution in [-0.2, 0) is 11.3 Å². The summed E-state index contributed by atoms with van der Waals surface area (Å²) in [5.41, 5.74) is 0.769. The summed E-state index contributed by atoms with van der Waals surface area (Å²) < 4.78 is 13.7. The van der Waals surface area contributed by atoms with Crippen LogP contribution < -0.4 is 10.6 Å². The van der Waals surface area contributed by atoms with Crippen LogP contribution in [0.25, 0.3) is 0 Å². The van der Waals surface area contributed by atoms with E-state index in [9.17, 15) is 9.18 Å². The maximum Gasteiger partial charge on any atom is 0.224 e. The molecule has 2 N–H and O–H groups in total. The molecule has 0 bridgehead atoms. The molecule has 1 saturated heterocycles. The minimum Gasteiger partial charge on any atom is -0.352 e. The lowest BCUT2D eigenvalue weighted by Crippen LogP contribution is -2.31. The molecular formula is C12H15BrClFN2O. The van der Waals surface area contributed by atoms with E-state index in [0.717, 1.165) is 25.1 Å². The maximum atomic E-state index is 13.2. The fraction of sp³-hybridized carbons (Fsp3) is 0.417. The smallest absolute Gasteiger partial charge is 0.224 e. The molecule has 1 atom stereocenters. The lowest BCUT2D eigenvalue weighted by Gasteiger charge is -2.10. The predicted octanol–water partition coefficient (Wildman–Crippen LogP) is 2.24. The standard InChI is InChI=1S/C12H14BrFN2O.ClH/c13-10-2-1-8(5-11(10)14)6-16-12(17)9-3-4-15-7-9;/h1-2,5,9,15H,3-4,6-7H2,(H,16,17);1H. The van der Waals surface area contributed by atoms with Crippen LogP contribution in [0.15, 0.2) is 22.7 Å². The number of halogens is 3. The highest BCUT2D eigenvalue weighted by Gasteiger charge is 2.21. The molecule has 1 amide bonds. The van der Waals surface area contributed by atoms with E-state index in [-0.39, 0.29) is 30.0 Å². The van der Waals surface area contributed by atoms with E-state index in [1.807, 2.05) is 0 Å².